The molecule has 1 aliphatic carbocycles. The van der Waals surface area contributed by atoms with E-state index in [0.717, 1.165) is 19.4 Å². The number of nitrogens with zero attached hydrogens (tertiary/aromatic N) is 2. The fourth-order valence-electron chi connectivity index (χ4n) is 2.33. The van der Waals surface area contributed by atoms with Crippen LogP contribution in [0, 0.1) is 0 Å². The van der Waals surface area contributed by atoms with E-state index in [1.165, 1.54) is 19.3 Å². The third-order valence-corrected chi connectivity index (χ3v) is 3.12. The van der Waals surface area contributed by atoms with Crippen LogP contribution in [0.5, 0.6) is 0 Å². The normalized spacial score (nSPS) is 37.1. The lowest BCUT2D eigenvalue weighted by Gasteiger charge is -2.24. The Morgan fingerprint density at radius 2 is 2.21 bits per heavy atom. The molecule has 1 aliphatic heterocycles. The van der Waals surface area contributed by atoms with Crippen LogP contribution in [0.1, 0.15) is 39.0 Å². The molecule has 0 aromatic rings. The van der Waals surface area contributed by atoms with E-state index < -0.39 is 0 Å². The molecule has 0 bridgehead atoms. The van der Waals surface area contributed by atoms with Gasteiger partial charge in [0.15, 0.2) is 0 Å². The summed E-state index contributed by atoms with van der Waals surface area (Å²) in [4.78, 5) is 0. The van der Waals surface area contributed by atoms with Crippen LogP contribution < -0.4 is 5.43 Å². The van der Waals surface area contributed by atoms with Gasteiger partial charge in [-0.05, 0) is 39.0 Å². The van der Waals surface area contributed by atoms with Crippen molar-refractivity contribution >= 4 is 0 Å². The molecular formula is C10H19N3O. The topological polar surface area (TPSA) is 46.0 Å². The predicted octanol–water partition coefficient (Wildman–Crippen LogP) is 2.06. The van der Waals surface area contributed by atoms with Gasteiger partial charge in [0.25, 0.3) is 0 Å². The molecular weight excluding hydrogens is 178 g/mol. The number of ether oxygens (including phenoxy) is 1. The summed E-state index contributed by atoms with van der Waals surface area (Å²) in [7, 11) is 0. The van der Waals surface area contributed by atoms with Crippen molar-refractivity contribution in [2.45, 2.75) is 57.2 Å². The van der Waals surface area contributed by atoms with Gasteiger partial charge >= 0.3 is 0 Å². The molecule has 1 heterocycles. The van der Waals surface area contributed by atoms with Crippen LogP contribution >= 0.6 is 0 Å². The van der Waals surface area contributed by atoms with Crippen LogP contribution in [0.2, 0.25) is 0 Å². The van der Waals surface area contributed by atoms with E-state index in [2.05, 4.69) is 22.7 Å². The Morgan fingerprint density at radius 1 is 1.29 bits per heavy atom. The lowest BCUT2D eigenvalue weighted by molar-refractivity contribution is 0.0416. The smallest absolute Gasteiger partial charge is 0.0948 e. The Kier molecular flexibility index (Phi) is 3.35. The van der Waals surface area contributed by atoms with Gasteiger partial charge < -0.3 is 4.74 Å². The monoisotopic (exact) mass is 197 g/mol. The van der Waals surface area contributed by atoms with Crippen molar-refractivity contribution in [2.75, 3.05) is 6.61 Å². The molecule has 3 unspecified atom stereocenters. The summed E-state index contributed by atoms with van der Waals surface area (Å²) in [6, 6.07) is 0.899. The zero-order valence-electron chi connectivity index (χ0n) is 8.78. The Labute approximate surface area is 85.1 Å². The molecule has 0 saturated heterocycles. The molecule has 14 heavy (non-hydrogen) atoms. The Bertz CT molecular complexity index is 208. The molecule has 1 fully saturated rings. The third-order valence-electron chi connectivity index (χ3n) is 3.12. The largest absolute Gasteiger partial charge is 0.379 e. The number of hydrogen-bond donors (Lipinski definition) is 1. The van der Waals surface area contributed by atoms with Crippen molar-refractivity contribution in [2.24, 2.45) is 10.3 Å². The zero-order valence-corrected chi connectivity index (χ0v) is 8.78. The first-order chi connectivity index (χ1) is 6.90. The molecule has 0 radical (unpaired) electrons. The van der Waals surface area contributed by atoms with E-state index in [-0.39, 0.29) is 0 Å². The van der Waals surface area contributed by atoms with E-state index in [1.54, 1.807) is 0 Å². The van der Waals surface area contributed by atoms with E-state index >= 15 is 0 Å². The van der Waals surface area contributed by atoms with E-state index in [1.807, 2.05) is 0 Å². The second-order valence-electron chi connectivity index (χ2n) is 4.10. The van der Waals surface area contributed by atoms with Gasteiger partial charge in [0, 0.05) is 6.61 Å². The van der Waals surface area contributed by atoms with Crippen molar-refractivity contribution in [3.05, 3.63) is 0 Å². The first-order valence-corrected chi connectivity index (χ1v) is 5.67. The number of rotatable bonds is 2. The fourth-order valence-corrected chi connectivity index (χ4v) is 2.33. The molecule has 80 valence electrons. The van der Waals surface area contributed by atoms with Crippen LogP contribution in [-0.2, 0) is 4.74 Å². The summed E-state index contributed by atoms with van der Waals surface area (Å²) >= 11 is 0. The highest BCUT2D eigenvalue weighted by molar-refractivity contribution is 4.86. The molecule has 3 atom stereocenters. The van der Waals surface area contributed by atoms with Gasteiger partial charge in [0.05, 0.1) is 18.2 Å². The Hall–Kier alpha value is -0.640. The molecule has 2 rings (SSSR count). The van der Waals surface area contributed by atoms with Crippen molar-refractivity contribution in [3.8, 4) is 0 Å². The van der Waals surface area contributed by atoms with Gasteiger partial charge in [0.2, 0.25) is 0 Å². The van der Waals surface area contributed by atoms with E-state index in [9.17, 15) is 0 Å². The van der Waals surface area contributed by atoms with E-state index in [4.69, 9.17) is 4.74 Å². The van der Waals surface area contributed by atoms with Gasteiger partial charge in [-0.2, -0.15) is 5.11 Å². The summed E-state index contributed by atoms with van der Waals surface area (Å²) in [5.41, 5.74) is 3.09. The van der Waals surface area contributed by atoms with Gasteiger partial charge in [0.1, 0.15) is 0 Å². The lowest BCUT2D eigenvalue weighted by atomic mass is 9.92. The molecule has 2 aliphatic rings. The van der Waals surface area contributed by atoms with Gasteiger partial charge in [-0.25, -0.2) is 0 Å². The highest BCUT2D eigenvalue weighted by Crippen LogP contribution is 2.24. The maximum absolute atomic E-state index is 5.67. The minimum absolute atomic E-state index is 0.401. The number of fused-ring (bicyclic) bond motifs is 1. The van der Waals surface area contributed by atoms with Crippen molar-refractivity contribution in [1.29, 1.82) is 0 Å². The van der Waals surface area contributed by atoms with Crippen LogP contribution in [0.3, 0.4) is 0 Å². The highest BCUT2D eigenvalue weighted by atomic mass is 16.5. The SMILES string of the molecule is CCOC1CCCC2NN=NC2CC1. The standard InChI is InChI=1S/C10H19N3O/c1-2-14-8-4-3-5-9-10(7-6-8)12-13-11-9/h8-10H,2-7H2,1H3,(H,11,12). The van der Waals surface area contributed by atoms with Crippen molar-refractivity contribution in [1.82, 2.24) is 5.43 Å². The predicted molar refractivity (Wildman–Crippen MR) is 54.1 cm³/mol. The zero-order chi connectivity index (χ0) is 9.80. The first-order valence-electron chi connectivity index (χ1n) is 5.67. The van der Waals surface area contributed by atoms with Crippen LogP contribution in [-0.4, -0.2) is 24.8 Å². The first kappa shape index (κ1) is 9.90. The maximum atomic E-state index is 5.67. The van der Waals surface area contributed by atoms with Gasteiger partial charge in [-0.3, -0.25) is 5.43 Å². The summed E-state index contributed by atoms with van der Waals surface area (Å²) in [5, 5.41) is 8.13. The molecule has 0 aromatic carbocycles. The van der Waals surface area contributed by atoms with Gasteiger partial charge in [-0.1, -0.05) is 5.22 Å². The molecule has 1 N–H and O–H groups in total. The second kappa shape index (κ2) is 4.73. The summed E-state index contributed by atoms with van der Waals surface area (Å²) in [6.07, 6.45) is 6.31. The van der Waals surface area contributed by atoms with Crippen LogP contribution in [0.15, 0.2) is 10.3 Å². The maximum Gasteiger partial charge on any atom is 0.0948 e. The molecule has 0 aromatic heterocycles. The summed E-state index contributed by atoms with van der Waals surface area (Å²) in [6.45, 7) is 2.90. The highest BCUT2D eigenvalue weighted by Gasteiger charge is 2.28. The average molecular weight is 197 g/mol. The molecule has 1 saturated carbocycles. The van der Waals surface area contributed by atoms with Crippen LogP contribution in [0.25, 0.3) is 0 Å². The van der Waals surface area contributed by atoms with Crippen molar-refractivity contribution in [3.63, 3.8) is 0 Å². The van der Waals surface area contributed by atoms with Crippen LogP contribution in [0.4, 0.5) is 0 Å². The minimum atomic E-state index is 0.401. The number of hydrogen-bond acceptors (Lipinski definition) is 4. The summed E-state index contributed by atoms with van der Waals surface area (Å²) < 4.78 is 5.67. The average Bonchev–Trinajstić information content (AvgIpc) is 2.57. The van der Waals surface area contributed by atoms with Crippen molar-refractivity contribution < 1.29 is 4.74 Å². The molecule has 0 spiro atoms. The van der Waals surface area contributed by atoms with E-state index in [0.29, 0.717) is 18.2 Å². The quantitative estimate of drug-likeness (QED) is 0.736. The Morgan fingerprint density at radius 3 is 3.07 bits per heavy atom. The Balaban J connectivity index is 1.85. The summed E-state index contributed by atoms with van der Waals surface area (Å²) in [5.74, 6) is 0. The fraction of sp³-hybridized carbons (Fsp3) is 1.00. The molecule has 0 amide bonds. The van der Waals surface area contributed by atoms with Gasteiger partial charge in [-0.15, -0.1) is 0 Å². The third kappa shape index (κ3) is 2.23. The lowest BCUT2D eigenvalue weighted by Crippen LogP contribution is -2.33. The minimum Gasteiger partial charge on any atom is -0.379 e. The second-order valence-corrected chi connectivity index (χ2v) is 4.10. The molecule has 4 heteroatoms. The number of nitrogens with one attached hydrogen (secondary N) is 1. The molecule has 4 nitrogen and oxygen atoms in total.